The summed E-state index contributed by atoms with van der Waals surface area (Å²) in [6, 6.07) is 7.40. The Balaban J connectivity index is 1.39. The van der Waals surface area contributed by atoms with Crippen LogP contribution in [0.5, 0.6) is 0 Å². The molecule has 2 aromatic rings. The maximum absolute atomic E-state index is 12.8. The Kier molecular flexibility index (Phi) is 8.69. The van der Waals surface area contributed by atoms with Crippen LogP contribution < -0.4 is 10.6 Å². The Hall–Kier alpha value is -2.56. The molecule has 1 saturated heterocycles. The molecule has 2 fully saturated rings. The average Bonchev–Trinajstić information content (AvgIpc) is 3.33. The second-order valence-corrected chi connectivity index (χ2v) is 10.2. The number of rotatable bonds is 8. The molecule has 0 radical (unpaired) electrons. The fourth-order valence-electron chi connectivity index (χ4n) is 4.81. The van der Waals surface area contributed by atoms with Crippen molar-refractivity contribution in [1.29, 1.82) is 0 Å². The molecule has 1 saturated carbocycles. The molecule has 0 spiro atoms. The monoisotopic (exact) mass is 544 g/mol. The number of aromatic nitrogens is 2. The number of nitrogens with zero attached hydrogens (tertiary/aromatic N) is 4. The zero-order valence-electron chi connectivity index (χ0n) is 20.0. The first-order valence-electron chi connectivity index (χ1n) is 12.2. The number of anilines is 2. The van der Waals surface area contributed by atoms with Gasteiger partial charge in [0.1, 0.15) is 0 Å². The first-order chi connectivity index (χ1) is 16.9. The van der Waals surface area contributed by atoms with Gasteiger partial charge in [0.2, 0.25) is 11.9 Å². The van der Waals surface area contributed by atoms with Gasteiger partial charge in [-0.15, -0.1) is 0 Å². The lowest BCUT2D eigenvalue weighted by Gasteiger charge is -2.32. The molecule has 3 N–H and O–H groups in total. The number of aliphatic hydroxyl groups excluding tert-OH is 1. The van der Waals surface area contributed by atoms with Gasteiger partial charge >= 0.3 is 0 Å². The predicted octanol–water partition coefficient (Wildman–Crippen LogP) is 2.44. The Morgan fingerprint density at radius 1 is 1.14 bits per heavy atom. The highest BCUT2D eigenvalue weighted by molar-refractivity contribution is 9.10. The largest absolute Gasteiger partial charge is 0.395 e. The van der Waals surface area contributed by atoms with Crippen LogP contribution in [0.4, 0.5) is 11.6 Å². The third kappa shape index (κ3) is 6.56. The number of aliphatic hydroxyl groups is 1. The smallest absolute Gasteiger partial charge is 0.253 e. The SMILES string of the molecule is CN1CCN(C(=O)c2ccc(Nc3ncc(Br)c(C[C@@H]4CCC[C@@H]4C(=O)NCCO)n3)cc2)CC1. The molecule has 4 rings (SSSR count). The lowest BCUT2D eigenvalue weighted by Crippen LogP contribution is -2.47. The van der Waals surface area contributed by atoms with Gasteiger partial charge in [-0.2, -0.15) is 0 Å². The number of benzene rings is 1. The summed E-state index contributed by atoms with van der Waals surface area (Å²) >= 11 is 3.56. The van der Waals surface area contributed by atoms with Crippen molar-refractivity contribution in [2.75, 3.05) is 51.7 Å². The predicted molar refractivity (Wildman–Crippen MR) is 137 cm³/mol. The quantitative estimate of drug-likeness (QED) is 0.468. The molecule has 2 heterocycles. The fourth-order valence-corrected chi connectivity index (χ4v) is 5.16. The van der Waals surface area contributed by atoms with Crippen molar-refractivity contribution in [1.82, 2.24) is 25.1 Å². The molecule has 10 heteroatoms. The Morgan fingerprint density at radius 3 is 2.60 bits per heavy atom. The van der Waals surface area contributed by atoms with Gasteiger partial charge in [-0.25, -0.2) is 9.97 Å². The normalized spacial score (nSPS) is 20.6. The van der Waals surface area contributed by atoms with Gasteiger partial charge in [-0.1, -0.05) is 6.42 Å². The van der Waals surface area contributed by atoms with Crippen LogP contribution in [-0.4, -0.2) is 83.1 Å². The number of hydrogen-bond donors (Lipinski definition) is 3. The van der Waals surface area contributed by atoms with Crippen molar-refractivity contribution in [3.8, 4) is 0 Å². The van der Waals surface area contributed by atoms with E-state index in [1.807, 2.05) is 29.2 Å². The van der Waals surface area contributed by atoms with E-state index in [1.54, 1.807) is 6.20 Å². The molecule has 188 valence electrons. The second kappa shape index (κ2) is 11.9. The molecule has 35 heavy (non-hydrogen) atoms. The van der Waals surface area contributed by atoms with E-state index in [0.717, 1.165) is 61.3 Å². The molecule has 1 aliphatic carbocycles. The summed E-state index contributed by atoms with van der Waals surface area (Å²) in [4.78, 5) is 38.5. The van der Waals surface area contributed by atoms with Crippen LogP contribution in [0.25, 0.3) is 0 Å². The lowest BCUT2D eigenvalue weighted by molar-refractivity contribution is -0.126. The molecule has 2 aliphatic rings. The van der Waals surface area contributed by atoms with Crippen molar-refractivity contribution in [3.05, 3.63) is 46.2 Å². The second-order valence-electron chi connectivity index (χ2n) is 9.30. The van der Waals surface area contributed by atoms with Crippen molar-refractivity contribution < 1.29 is 14.7 Å². The molecule has 2 atom stereocenters. The van der Waals surface area contributed by atoms with E-state index in [2.05, 4.69) is 43.5 Å². The highest BCUT2D eigenvalue weighted by atomic mass is 79.9. The van der Waals surface area contributed by atoms with Gasteiger partial charge in [0.25, 0.3) is 5.91 Å². The maximum atomic E-state index is 12.8. The van der Waals surface area contributed by atoms with Gasteiger partial charge in [0.15, 0.2) is 0 Å². The van der Waals surface area contributed by atoms with Gasteiger partial charge in [0.05, 0.1) is 16.8 Å². The standard InChI is InChI=1S/C25H33BrN6O3/c1-31-10-12-32(13-11-31)24(35)17-5-7-19(8-6-17)29-25-28-16-21(26)22(30-25)15-18-3-2-4-20(18)23(34)27-9-14-33/h5-8,16,18,20,33H,2-4,9-15H2,1H3,(H,27,34)(H,28,29,30)/t18-,20-/m0/s1. The number of hydrogen-bond acceptors (Lipinski definition) is 7. The van der Waals surface area contributed by atoms with Crippen molar-refractivity contribution in [2.24, 2.45) is 11.8 Å². The molecule has 9 nitrogen and oxygen atoms in total. The van der Waals surface area contributed by atoms with E-state index >= 15 is 0 Å². The van der Waals surface area contributed by atoms with E-state index in [4.69, 9.17) is 10.1 Å². The minimum Gasteiger partial charge on any atom is -0.395 e. The average molecular weight is 545 g/mol. The summed E-state index contributed by atoms with van der Waals surface area (Å²) in [6.07, 6.45) is 5.24. The van der Waals surface area contributed by atoms with Crippen LogP contribution in [-0.2, 0) is 11.2 Å². The van der Waals surface area contributed by atoms with E-state index in [1.165, 1.54) is 0 Å². The topological polar surface area (TPSA) is 111 Å². The first kappa shape index (κ1) is 25.5. The number of piperazine rings is 1. The molecule has 0 unspecified atom stereocenters. The first-order valence-corrected chi connectivity index (χ1v) is 13.0. The number of amides is 2. The van der Waals surface area contributed by atoms with Crippen molar-refractivity contribution >= 4 is 39.4 Å². The summed E-state index contributed by atoms with van der Waals surface area (Å²) in [5.41, 5.74) is 2.33. The molecule has 1 aliphatic heterocycles. The summed E-state index contributed by atoms with van der Waals surface area (Å²) in [7, 11) is 2.07. The molecule has 0 bridgehead atoms. The Bertz CT molecular complexity index is 1030. The van der Waals surface area contributed by atoms with Crippen LogP contribution in [0.2, 0.25) is 0 Å². The van der Waals surface area contributed by atoms with Crippen LogP contribution in [0, 0.1) is 11.8 Å². The van der Waals surface area contributed by atoms with Gasteiger partial charge in [0, 0.05) is 56.1 Å². The highest BCUT2D eigenvalue weighted by Crippen LogP contribution is 2.35. The minimum absolute atomic E-state index is 0.0105. The highest BCUT2D eigenvalue weighted by Gasteiger charge is 2.33. The van der Waals surface area contributed by atoms with E-state index < -0.39 is 0 Å². The van der Waals surface area contributed by atoms with Gasteiger partial charge in [-0.3, -0.25) is 9.59 Å². The van der Waals surface area contributed by atoms with E-state index in [-0.39, 0.29) is 36.8 Å². The Morgan fingerprint density at radius 2 is 1.89 bits per heavy atom. The van der Waals surface area contributed by atoms with Crippen LogP contribution in [0.1, 0.15) is 35.3 Å². The number of carbonyl (C=O) groups is 2. The molecular formula is C25H33BrN6O3. The van der Waals surface area contributed by atoms with E-state index in [9.17, 15) is 9.59 Å². The summed E-state index contributed by atoms with van der Waals surface area (Å²) in [5.74, 6) is 0.677. The van der Waals surface area contributed by atoms with Crippen LogP contribution >= 0.6 is 15.9 Å². The third-order valence-corrected chi connectivity index (χ3v) is 7.52. The molecule has 2 amide bonds. The fraction of sp³-hybridized carbons (Fsp3) is 0.520. The number of halogens is 1. The van der Waals surface area contributed by atoms with Gasteiger partial charge in [-0.05, 0) is 72.4 Å². The summed E-state index contributed by atoms with van der Waals surface area (Å²) in [6.45, 7) is 3.51. The summed E-state index contributed by atoms with van der Waals surface area (Å²) in [5, 5.41) is 15.0. The zero-order chi connectivity index (χ0) is 24.8. The van der Waals surface area contributed by atoms with Crippen LogP contribution in [0.15, 0.2) is 34.9 Å². The number of likely N-dealkylation sites (N-methyl/N-ethyl adjacent to an activating group) is 1. The number of carbonyl (C=O) groups excluding carboxylic acids is 2. The van der Waals surface area contributed by atoms with Crippen molar-refractivity contribution in [3.63, 3.8) is 0 Å². The van der Waals surface area contributed by atoms with Crippen molar-refractivity contribution in [2.45, 2.75) is 25.7 Å². The van der Waals surface area contributed by atoms with Gasteiger partial charge < -0.3 is 25.5 Å². The van der Waals surface area contributed by atoms with E-state index in [0.29, 0.717) is 17.9 Å². The zero-order valence-corrected chi connectivity index (χ0v) is 21.6. The van der Waals surface area contributed by atoms with Crippen LogP contribution in [0.3, 0.4) is 0 Å². The molecular weight excluding hydrogens is 512 g/mol. The molecule has 1 aromatic heterocycles. The minimum atomic E-state index is -0.0646. The molecule has 1 aromatic carbocycles. The lowest BCUT2D eigenvalue weighted by atomic mass is 9.90. The Labute approximate surface area is 214 Å². The maximum Gasteiger partial charge on any atom is 0.253 e. The third-order valence-electron chi connectivity index (χ3n) is 6.86. The number of nitrogens with one attached hydrogen (secondary N) is 2. The summed E-state index contributed by atoms with van der Waals surface area (Å²) < 4.78 is 0.817.